The van der Waals surface area contributed by atoms with Gasteiger partial charge in [-0.1, -0.05) is 23.7 Å². The minimum Gasteiger partial charge on any atom is -0.373 e. The van der Waals surface area contributed by atoms with Crippen molar-refractivity contribution in [1.82, 2.24) is 19.8 Å². The molecule has 6 heteroatoms. The average Bonchev–Trinajstić information content (AvgIpc) is 3.12. The van der Waals surface area contributed by atoms with Crippen molar-refractivity contribution in [2.75, 3.05) is 26.2 Å². The number of halogens is 1. The van der Waals surface area contributed by atoms with E-state index >= 15 is 0 Å². The first-order chi connectivity index (χ1) is 13.0. The fourth-order valence-corrected chi connectivity index (χ4v) is 4.45. The molecule has 3 heterocycles. The van der Waals surface area contributed by atoms with Crippen molar-refractivity contribution >= 4 is 11.6 Å². The normalized spacial score (nSPS) is 23.7. The standard InChI is InChI=1S/C21H29ClN4O/c1-21(2)15-26(12-13-27-21)19(16-5-7-17(22)8-6-16)14-24-18-4-3-10-25-11-9-23-20(18)25/h5-9,11,18-19,24H,3-4,10,12-15H2,1-2H3. The number of aryl methyl sites for hydroxylation is 1. The van der Waals surface area contributed by atoms with E-state index in [4.69, 9.17) is 16.3 Å². The molecule has 1 aromatic carbocycles. The van der Waals surface area contributed by atoms with Crippen molar-refractivity contribution in [1.29, 1.82) is 0 Å². The van der Waals surface area contributed by atoms with Gasteiger partial charge in [-0.25, -0.2) is 4.98 Å². The number of benzene rings is 1. The molecule has 1 saturated heterocycles. The van der Waals surface area contributed by atoms with Crippen LogP contribution in [0.5, 0.6) is 0 Å². The molecule has 2 aromatic rings. The lowest BCUT2D eigenvalue weighted by Gasteiger charge is -2.43. The van der Waals surface area contributed by atoms with Crippen LogP contribution in [0.1, 0.15) is 50.2 Å². The number of imidazole rings is 1. The smallest absolute Gasteiger partial charge is 0.125 e. The summed E-state index contributed by atoms with van der Waals surface area (Å²) in [6.07, 6.45) is 6.33. The van der Waals surface area contributed by atoms with E-state index in [1.165, 1.54) is 17.8 Å². The molecule has 2 atom stereocenters. The summed E-state index contributed by atoms with van der Waals surface area (Å²) in [5.41, 5.74) is 1.17. The zero-order chi connectivity index (χ0) is 18.9. The van der Waals surface area contributed by atoms with Crippen LogP contribution in [-0.2, 0) is 11.3 Å². The number of fused-ring (bicyclic) bond motifs is 1. The molecule has 27 heavy (non-hydrogen) atoms. The number of hydrogen-bond acceptors (Lipinski definition) is 4. The molecule has 146 valence electrons. The van der Waals surface area contributed by atoms with E-state index in [1.54, 1.807) is 0 Å². The van der Waals surface area contributed by atoms with Gasteiger partial charge in [0.15, 0.2) is 0 Å². The predicted octanol–water partition coefficient (Wildman–Crippen LogP) is 3.81. The van der Waals surface area contributed by atoms with Gasteiger partial charge in [0, 0.05) is 49.6 Å². The van der Waals surface area contributed by atoms with Gasteiger partial charge in [-0.05, 0) is 44.4 Å². The molecule has 4 rings (SSSR count). The second-order valence-corrected chi connectivity index (χ2v) is 8.66. The van der Waals surface area contributed by atoms with Crippen LogP contribution in [0.3, 0.4) is 0 Å². The van der Waals surface area contributed by atoms with Gasteiger partial charge in [0.25, 0.3) is 0 Å². The highest BCUT2D eigenvalue weighted by atomic mass is 35.5. The molecule has 0 bridgehead atoms. The molecular formula is C21H29ClN4O. The van der Waals surface area contributed by atoms with E-state index < -0.39 is 0 Å². The first-order valence-electron chi connectivity index (χ1n) is 9.90. The van der Waals surface area contributed by atoms with Crippen LogP contribution in [-0.4, -0.2) is 46.3 Å². The van der Waals surface area contributed by atoms with Crippen LogP contribution in [0, 0.1) is 0 Å². The lowest BCUT2D eigenvalue weighted by Crippen LogP contribution is -2.51. The number of ether oxygens (including phenoxy) is 1. The Morgan fingerprint density at radius 1 is 1.30 bits per heavy atom. The van der Waals surface area contributed by atoms with Crippen molar-refractivity contribution in [2.24, 2.45) is 0 Å². The first kappa shape index (κ1) is 18.9. The molecule has 0 aliphatic carbocycles. The van der Waals surface area contributed by atoms with Gasteiger partial charge in [-0.15, -0.1) is 0 Å². The molecule has 0 radical (unpaired) electrons. The Labute approximate surface area is 166 Å². The maximum absolute atomic E-state index is 6.13. The summed E-state index contributed by atoms with van der Waals surface area (Å²) in [5.74, 6) is 1.17. The van der Waals surface area contributed by atoms with E-state index in [9.17, 15) is 0 Å². The molecule has 2 unspecified atom stereocenters. The fraction of sp³-hybridized carbons (Fsp3) is 0.571. The molecule has 1 fully saturated rings. The van der Waals surface area contributed by atoms with Crippen molar-refractivity contribution in [3.05, 3.63) is 53.1 Å². The lowest BCUT2D eigenvalue weighted by atomic mass is 9.99. The lowest BCUT2D eigenvalue weighted by molar-refractivity contribution is -0.0976. The molecule has 5 nitrogen and oxygen atoms in total. The summed E-state index contributed by atoms with van der Waals surface area (Å²) in [7, 11) is 0. The molecule has 1 N–H and O–H groups in total. The highest BCUT2D eigenvalue weighted by molar-refractivity contribution is 6.30. The van der Waals surface area contributed by atoms with Crippen LogP contribution in [0.2, 0.25) is 5.02 Å². The number of morpholine rings is 1. The largest absolute Gasteiger partial charge is 0.373 e. The minimum absolute atomic E-state index is 0.121. The fourth-order valence-electron chi connectivity index (χ4n) is 4.32. The average molecular weight is 389 g/mol. The van der Waals surface area contributed by atoms with E-state index in [0.717, 1.165) is 44.2 Å². The number of rotatable bonds is 5. The van der Waals surface area contributed by atoms with Gasteiger partial charge in [-0.3, -0.25) is 4.90 Å². The van der Waals surface area contributed by atoms with Gasteiger partial charge >= 0.3 is 0 Å². The maximum atomic E-state index is 6.13. The summed E-state index contributed by atoms with van der Waals surface area (Å²) in [6, 6.07) is 8.89. The Balaban J connectivity index is 1.53. The van der Waals surface area contributed by atoms with Gasteiger partial charge in [0.05, 0.1) is 18.2 Å². The Hall–Kier alpha value is -1.40. The highest BCUT2D eigenvalue weighted by Gasteiger charge is 2.32. The first-order valence-corrected chi connectivity index (χ1v) is 10.3. The second kappa shape index (κ2) is 7.92. The molecular weight excluding hydrogens is 360 g/mol. The van der Waals surface area contributed by atoms with Gasteiger partial charge in [0.1, 0.15) is 5.82 Å². The van der Waals surface area contributed by atoms with Crippen molar-refractivity contribution in [3.8, 4) is 0 Å². The number of nitrogens with one attached hydrogen (secondary N) is 1. The monoisotopic (exact) mass is 388 g/mol. The Morgan fingerprint density at radius 3 is 2.89 bits per heavy atom. The predicted molar refractivity (Wildman–Crippen MR) is 108 cm³/mol. The van der Waals surface area contributed by atoms with Crippen LogP contribution >= 0.6 is 11.6 Å². The van der Waals surface area contributed by atoms with Crippen molar-refractivity contribution < 1.29 is 4.74 Å². The van der Waals surface area contributed by atoms with Crippen LogP contribution in [0.4, 0.5) is 0 Å². The van der Waals surface area contributed by atoms with Gasteiger partial charge in [0.2, 0.25) is 0 Å². The topological polar surface area (TPSA) is 42.3 Å². The quantitative estimate of drug-likeness (QED) is 0.845. The SMILES string of the molecule is CC1(C)CN(C(CNC2CCCn3ccnc32)c2ccc(Cl)cc2)CCO1. The Bertz CT molecular complexity index is 758. The summed E-state index contributed by atoms with van der Waals surface area (Å²) in [5, 5.41) is 4.58. The molecule has 2 aliphatic rings. The van der Waals surface area contributed by atoms with E-state index in [0.29, 0.717) is 6.04 Å². The molecule has 0 saturated carbocycles. The van der Waals surface area contributed by atoms with Crippen LogP contribution in [0.15, 0.2) is 36.7 Å². The maximum Gasteiger partial charge on any atom is 0.125 e. The molecule has 0 amide bonds. The summed E-state index contributed by atoms with van der Waals surface area (Å²) in [4.78, 5) is 7.12. The Kier molecular flexibility index (Phi) is 5.55. The van der Waals surface area contributed by atoms with E-state index in [1.807, 2.05) is 18.3 Å². The zero-order valence-electron chi connectivity index (χ0n) is 16.2. The third kappa shape index (κ3) is 4.37. The number of hydrogen-bond donors (Lipinski definition) is 1. The van der Waals surface area contributed by atoms with Crippen molar-refractivity contribution in [3.63, 3.8) is 0 Å². The Morgan fingerprint density at radius 2 is 2.11 bits per heavy atom. The van der Waals surface area contributed by atoms with Gasteiger partial charge < -0.3 is 14.6 Å². The van der Waals surface area contributed by atoms with Gasteiger partial charge in [-0.2, -0.15) is 0 Å². The van der Waals surface area contributed by atoms with Crippen molar-refractivity contribution in [2.45, 2.75) is 50.9 Å². The summed E-state index contributed by atoms with van der Waals surface area (Å²) < 4.78 is 8.21. The van der Waals surface area contributed by atoms with E-state index in [-0.39, 0.29) is 11.6 Å². The molecule has 2 aliphatic heterocycles. The van der Waals surface area contributed by atoms with Crippen LogP contribution in [0.25, 0.3) is 0 Å². The third-order valence-electron chi connectivity index (χ3n) is 5.66. The minimum atomic E-state index is -0.121. The van der Waals surface area contributed by atoms with E-state index in [2.05, 4.69) is 51.9 Å². The third-order valence-corrected chi connectivity index (χ3v) is 5.91. The van der Waals surface area contributed by atoms with Crippen LogP contribution < -0.4 is 5.32 Å². The highest BCUT2D eigenvalue weighted by Crippen LogP contribution is 2.29. The molecule has 0 spiro atoms. The second-order valence-electron chi connectivity index (χ2n) is 8.23. The molecule has 1 aromatic heterocycles. The summed E-state index contributed by atoms with van der Waals surface area (Å²) in [6.45, 7) is 8.93. The zero-order valence-corrected chi connectivity index (χ0v) is 17.0. The number of aromatic nitrogens is 2. The summed E-state index contributed by atoms with van der Waals surface area (Å²) >= 11 is 6.13. The number of nitrogens with zero attached hydrogens (tertiary/aromatic N) is 3.